The Morgan fingerprint density at radius 3 is 3.09 bits per heavy atom. The normalized spacial score (nSPS) is 20.7. The van der Waals surface area contributed by atoms with Crippen molar-refractivity contribution >= 4 is 23.4 Å². The average Bonchev–Trinajstić information content (AvgIpc) is 3.02. The quantitative estimate of drug-likeness (QED) is 0.896. The molecule has 0 saturated carbocycles. The Morgan fingerprint density at radius 1 is 1.43 bits per heavy atom. The fraction of sp³-hybridized carbons (Fsp3) is 0.500. The van der Waals surface area contributed by atoms with Crippen LogP contribution in [0.3, 0.4) is 0 Å². The number of carbonyl (C=O) groups excluding carboxylic acids is 2. The van der Waals surface area contributed by atoms with Crippen molar-refractivity contribution in [3.05, 3.63) is 28.8 Å². The van der Waals surface area contributed by atoms with Gasteiger partial charge in [0.2, 0.25) is 5.91 Å². The van der Waals surface area contributed by atoms with Gasteiger partial charge in [-0.3, -0.25) is 9.59 Å². The topological polar surface area (TPSA) is 67.9 Å². The largest absolute Gasteiger partial charge is 0.483 e. The van der Waals surface area contributed by atoms with Crippen LogP contribution in [0.1, 0.15) is 12.0 Å². The summed E-state index contributed by atoms with van der Waals surface area (Å²) in [5, 5.41) is 3.48. The fourth-order valence-electron chi connectivity index (χ4n) is 2.74. The first-order valence-electron chi connectivity index (χ1n) is 7.68. The van der Waals surface area contributed by atoms with E-state index in [4.69, 9.17) is 21.1 Å². The van der Waals surface area contributed by atoms with E-state index in [-0.39, 0.29) is 24.3 Å². The van der Waals surface area contributed by atoms with Gasteiger partial charge < -0.3 is 19.7 Å². The maximum atomic E-state index is 12.1. The summed E-state index contributed by atoms with van der Waals surface area (Å²) >= 11 is 6.00. The molecule has 1 saturated heterocycles. The third-order valence-electron chi connectivity index (χ3n) is 4.07. The molecule has 7 heteroatoms. The molecule has 0 aliphatic carbocycles. The molecule has 1 N–H and O–H groups in total. The summed E-state index contributed by atoms with van der Waals surface area (Å²) in [5.41, 5.74) is 0.874. The highest BCUT2D eigenvalue weighted by Crippen LogP contribution is 2.26. The predicted octanol–water partition coefficient (Wildman–Crippen LogP) is 1.21. The molecule has 1 atom stereocenters. The third kappa shape index (κ3) is 3.95. The van der Waals surface area contributed by atoms with Gasteiger partial charge in [0.25, 0.3) is 5.91 Å². The van der Waals surface area contributed by atoms with Crippen LogP contribution in [-0.4, -0.2) is 49.6 Å². The Hall–Kier alpha value is -1.79. The van der Waals surface area contributed by atoms with E-state index in [2.05, 4.69) is 5.32 Å². The van der Waals surface area contributed by atoms with Crippen molar-refractivity contribution in [2.75, 3.05) is 32.9 Å². The summed E-state index contributed by atoms with van der Waals surface area (Å²) < 4.78 is 10.7. The second-order valence-electron chi connectivity index (χ2n) is 5.71. The highest BCUT2D eigenvalue weighted by atomic mass is 35.5. The van der Waals surface area contributed by atoms with Crippen molar-refractivity contribution in [2.24, 2.45) is 5.92 Å². The highest BCUT2D eigenvalue weighted by molar-refractivity contribution is 6.30. The fourth-order valence-corrected chi connectivity index (χ4v) is 2.94. The molecule has 2 heterocycles. The summed E-state index contributed by atoms with van der Waals surface area (Å²) in [6.07, 6.45) is 0.758. The molecule has 0 aromatic heterocycles. The van der Waals surface area contributed by atoms with E-state index in [0.29, 0.717) is 43.6 Å². The van der Waals surface area contributed by atoms with Gasteiger partial charge in [0.05, 0.1) is 12.5 Å². The van der Waals surface area contributed by atoms with Crippen LogP contribution >= 0.6 is 11.6 Å². The van der Waals surface area contributed by atoms with Gasteiger partial charge in [-0.1, -0.05) is 11.6 Å². The van der Waals surface area contributed by atoms with Crippen molar-refractivity contribution in [2.45, 2.75) is 13.0 Å². The zero-order valence-electron chi connectivity index (χ0n) is 12.7. The lowest BCUT2D eigenvalue weighted by Crippen LogP contribution is -2.40. The van der Waals surface area contributed by atoms with Crippen LogP contribution in [0.25, 0.3) is 0 Å². The first-order valence-corrected chi connectivity index (χ1v) is 8.06. The molecular formula is C16H19ClN2O4. The standard InChI is InChI=1S/C16H19ClN2O4/c17-13-1-2-14-12(7-13)8-19(15(20)10-23-14)5-4-18-16(21)11-3-6-22-9-11/h1-2,7,11H,3-6,8-10H2,(H,18,21). The van der Waals surface area contributed by atoms with Crippen LogP contribution in [0, 0.1) is 5.92 Å². The van der Waals surface area contributed by atoms with E-state index in [0.717, 1.165) is 12.0 Å². The Balaban J connectivity index is 1.56. The molecule has 2 amide bonds. The maximum Gasteiger partial charge on any atom is 0.260 e. The van der Waals surface area contributed by atoms with Gasteiger partial charge >= 0.3 is 0 Å². The van der Waals surface area contributed by atoms with Gasteiger partial charge in [-0.15, -0.1) is 0 Å². The van der Waals surface area contributed by atoms with Crippen LogP contribution in [0.4, 0.5) is 0 Å². The minimum Gasteiger partial charge on any atom is -0.483 e. The number of hydrogen-bond donors (Lipinski definition) is 1. The minimum atomic E-state index is -0.101. The Kier molecular flexibility index (Phi) is 5.03. The van der Waals surface area contributed by atoms with Gasteiger partial charge in [-0.25, -0.2) is 0 Å². The molecule has 0 spiro atoms. The van der Waals surface area contributed by atoms with E-state index < -0.39 is 0 Å². The van der Waals surface area contributed by atoms with Crippen LogP contribution < -0.4 is 10.1 Å². The van der Waals surface area contributed by atoms with Gasteiger partial charge in [0, 0.05) is 36.8 Å². The molecular weight excluding hydrogens is 320 g/mol. The van der Waals surface area contributed by atoms with Gasteiger partial charge in [-0.05, 0) is 24.6 Å². The Morgan fingerprint density at radius 2 is 2.30 bits per heavy atom. The summed E-state index contributed by atoms with van der Waals surface area (Å²) in [7, 11) is 0. The minimum absolute atomic E-state index is 0.000949. The van der Waals surface area contributed by atoms with Gasteiger partial charge in [-0.2, -0.15) is 0 Å². The van der Waals surface area contributed by atoms with Crippen LogP contribution in [-0.2, 0) is 20.9 Å². The average molecular weight is 339 g/mol. The van der Waals surface area contributed by atoms with Gasteiger partial charge in [0.15, 0.2) is 6.61 Å². The van der Waals surface area contributed by atoms with Crippen molar-refractivity contribution in [3.8, 4) is 5.75 Å². The maximum absolute atomic E-state index is 12.1. The molecule has 2 aliphatic rings. The lowest BCUT2D eigenvalue weighted by Gasteiger charge is -2.20. The molecule has 1 unspecified atom stereocenters. The summed E-state index contributed by atoms with van der Waals surface area (Å²) in [4.78, 5) is 25.8. The second-order valence-corrected chi connectivity index (χ2v) is 6.14. The monoisotopic (exact) mass is 338 g/mol. The predicted molar refractivity (Wildman–Crippen MR) is 84.3 cm³/mol. The Bertz CT molecular complexity index is 602. The van der Waals surface area contributed by atoms with Crippen molar-refractivity contribution in [1.29, 1.82) is 0 Å². The summed E-state index contributed by atoms with van der Waals surface area (Å²) in [5.74, 6) is 0.496. The van der Waals surface area contributed by atoms with E-state index in [9.17, 15) is 9.59 Å². The number of nitrogens with one attached hydrogen (secondary N) is 1. The van der Waals surface area contributed by atoms with Crippen LogP contribution in [0.2, 0.25) is 5.02 Å². The number of benzene rings is 1. The van der Waals surface area contributed by atoms with Crippen LogP contribution in [0.5, 0.6) is 5.75 Å². The number of amides is 2. The van der Waals surface area contributed by atoms with Crippen molar-refractivity contribution in [3.63, 3.8) is 0 Å². The molecule has 124 valence electrons. The molecule has 1 aromatic carbocycles. The van der Waals surface area contributed by atoms with E-state index in [1.807, 2.05) is 0 Å². The zero-order chi connectivity index (χ0) is 16.2. The molecule has 1 fully saturated rings. The molecule has 1 aromatic rings. The smallest absolute Gasteiger partial charge is 0.260 e. The van der Waals surface area contributed by atoms with E-state index in [1.54, 1.807) is 23.1 Å². The molecule has 23 heavy (non-hydrogen) atoms. The number of hydrogen-bond acceptors (Lipinski definition) is 4. The molecule has 0 bridgehead atoms. The first-order chi connectivity index (χ1) is 11.1. The molecule has 2 aliphatic heterocycles. The number of ether oxygens (including phenoxy) is 2. The first kappa shape index (κ1) is 16.1. The molecule has 6 nitrogen and oxygen atoms in total. The lowest BCUT2D eigenvalue weighted by atomic mass is 10.1. The number of rotatable bonds is 4. The lowest BCUT2D eigenvalue weighted by molar-refractivity contribution is -0.133. The summed E-state index contributed by atoms with van der Waals surface area (Å²) in [6.45, 7) is 2.40. The van der Waals surface area contributed by atoms with Crippen LogP contribution in [0.15, 0.2) is 18.2 Å². The zero-order valence-corrected chi connectivity index (χ0v) is 13.5. The third-order valence-corrected chi connectivity index (χ3v) is 4.30. The number of halogens is 1. The number of fused-ring (bicyclic) bond motifs is 1. The molecule has 3 rings (SSSR count). The SMILES string of the molecule is O=C(NCCN1Cc2cc(Cl)ccc2OCC1=O)C1CCOC1. The molecule has 0 radical (unpaired) electrons. The summed E-state index contributed by atoms with van der Waals surface area (Å²) in [6, 6.07) is 5.32. The van der Waals surface area contributed by atoms with Crippen molar-refractivity contribution < 1.29 is 19.1 Å². The highest BCUT2D eigenvalue weighted by Gasteiger charge is 2.24. The van der Waals surface area contributed by atoms with Gasteiger partial charge in [0.1, 0.15) is 5.75 Å². The Labute approximate surface area is 139 Å². The number of nitrogens with zero attached hydrogens (tertiary/aromatic N) is 1. The second kappa shape index (κ2) is 7.19. The van der Waals surface area contributed by atoms with E-state index in [1.165, 1.54) is 0 Å². The number of carbonyl (C=O) groups is 2. The van der Waals surface area contributed by atoms with E-state index >= 15 is 0 Å². The van der Waals surface area contributed by atoms with Crippen molar-refractivity contribution in [1.82, 2.24) is 10.2 Å².